The summed E-state index contributed by atoms with van der Waals surface area (Å²) in [7, 11) is 0. The van der Waals surface area contributed by atoms with Gasteiger partial charge in [0.15, 0.2) is 0 Å². The summed E-state index contributed by atoms with van der Waals surface area (Å²) in [6, 6.07) is 12.7. The molecule has 2 aliphatic rings. The molecule has 1 atom stereocenters. The van der Waals surface area contributed by atoms with Crippen molar-refractivity contribution in [3.8, 4) is 0 Å². The van der Waals surface area contributed by atoms with Crippen LogP contribution >= 0.6 is 0 Å². The van der Waals surface area contributed by atoms with E-state index in [1.54, 1.807) is 6.20 Å². The summed E-state index contributed by atoms with van der Waals surface area (Å²) in [5, 5.41) is 5.88. The van der Waals surface area contributed by atoms with Gasteiger partial charge >= 0.3 is 0 Å². The van der Waals surface area contributed by atoms with Crippen LogP contribution in [0.25, 0.3) is 5.57 Å². The Balaban J connectivity index is 1.53. The first kappa shape index (κ1) is 16.6. The Hall–Kier alpha value is -2.82. The maximum atomic E-state index is 14.6. The van der Waals surface area contributed by atoms with Crippen LogP contribution in [-0.4, -0.2) is 19.0 Å². The van der Waals surface area contributed by atoms with Gasteiger partial charge in [-0.3, -0.25) is 4.79 Å². The van der Waals surface area contributed by atoms with Crippen molar-refractivity contribution in [1.29, 1.82) is 0 Å². The number of amides is 1. The third-order valence-electron chi connectivity index (χ3n) is 5.04. The summed E-state index contributed by atoms with van der Waals surface area (Å²) in [4.78, 5) is 14.2. The number of rotatable bonds is 3. The molecule has 1 saturated heterocycles. The quantitative estimate of drug-likeness (QED) is 0.802. The summed E-state index contributed by atoms with van der Waals surface area (Å²) in [5.74, 6) is 0.198. The minimum atomic E-state index is -0.237. The molecule has 2 N–H and O–H groups in total. The van der Waals surface area contributed by atoms with Crippen molar-refractivity contribution in [2.45, 2.75) is 19.8 Å². The van der Waals surface area contributed by atoms with Crippen molar-refractivity contribution in [3.05, 3.63) is 60.0 Å². The van der Waals surface area contributed by atoms with Gasteiger partial charge in [-0.15, -0.1) is 0 Å². The topological polar surface area (TPSA) is 44.4 Å². The van der Waals surface area contributed by atoms with Crippen molar-refractivity contribution in [2.24, 2.45) is 5.92 Å². The van der Waals surface area contributed by atoms with E-state index >= 15 is 0 Å². The molecule has 0 aliphatic carbocycles. The Morgan fingerprint density at radius 2 is 2.12 bits per heavy atom. The molecule has 4 nitrogen and oxygen atoms in total. The van der Waals surface area contributed by atoms with E-state index in [0.717, 1.165) is 30.8 Å². The average molecular weight is 351 g/mol. The first-order valence-corrected chi connectivity index (χ1v) is 9.04. The Kier molecular flexibility index (Phi) is 4.37. The molecule has 2 aliphatic heterocycles. The Morgan fingerprint density at radius 1 is 1.27 bits per heavy atom. The summed E-state index contributed by atoms with van der Waals surface area (Å²) in [6.07, 6.45) is 3.94. The van der Waals surface area contributed by atoms with E-state index in [0.29, 0.717) is 22.9 Å². The molecule has 0 aromatic heterocycles. The van der Waals surface area contributed by atoms with Gasteiger partial charge in [0.05, 0.1) is 11.3 Å². The Bertz CT molecular complexity index is 877. The van der Waals surface area contributed by atoms with E-state index in [1.807, 2.05) is 36.4 Å². The third-order valence-corrected chi connectivity index (χ3v) is 5.04. The van der Waals surface area contributed by atoms with Crippen molar-refractivity contribution in [2.75, 3.05) is 28.6 Å². The minimum Gasteiger partial charge on any atom is -0.369 e. The molecule has 0 spiro atoms. The third kappa shape index (κ3) is 3.17. The van der Waals surface area contributed by atoms with Crippen LogP contribution < -0.4 is 15.5 Å². The maximum absolute atomic E-state index is 14.6. The molecular formula is C21H22FN3O. The molecule has 5 heteroatoms. The standard InChI is InChI=1S/C21H22FN3O/c1-14-5-4-10-25(13-14)20-9-8-15(11-18(20)22)23-12-17-16-6-2-3-7-19(16)24-21(17)26/h2-3,6-9,11-12,14,23H,4-5,10,13H2,1H3,(H,24,26)/b17-12+. The number of hydrogen-bond donors (Lipinski definition) is 2. The van der Waals surface area contributed by atoms with E-state index in [9.17, 15) is 9.18 Å². The molecule has 1 fully saturated rings. The first-order valence-electron chi connectivity index (χ1n) is 9.04. The molecular weight excluding hydrogens is 329 g/mol. The van der Waals surface area contributed by atoms with Crippen LogP contribution in [0.5, 0.6) is 0 Å². The van der Waals surface area contributed by atoms with Crippen LogP contribution in [0.2, 0.25) is 0 Å². The second-order valence-corrected chi connectivity index (χ2v) is 7.06. The highest BCUT2D eigenvalue weighted by Gasteiger charge is 2.23. The van der Waals surface area contributed by atoms with Gasteiger partial charge in [-0.1, -0.05) is 25.1 Å². The molecule has 2 aromatic rings. The summed E-state index contributed by atoms with van der Waals surface area (Å²) >= 11 is 0. The molecule has 0 bridgehead atoms. The number of fused-ring (bicyclic) bond motifs is 1. The first-order chi connectivity index (χ1) is 12.6. The monoisotopic (exact) mass is 351 g/mol. The molecule has 2 heterocycles. The Morgan fingerprint density at radius 3 is 2.92 bits per heavy atom. The number of para-hydroxylation sites is 1. The normalized spacial score (nSPS) is 20.8. The smallest absolute Gasteiger partial charge is 0.257 e. The number of carbonyl (C=O) groups excluding carboxylic acids is 1. The van der Waals surface area contributed by atoms with E-state index < -0.39 is 0 Å². The molecule has 1 amide bonds. The average Bonchev–Trinajstić information content (AvgIpc) is 2.95. The van der Waals surface area contributed by atoms with Gasteiger partial charge in [0, 0.05) is 36.2 Å². The fourth-order valence-electron chi connectivity index (χ4n) is 3.70. The highest BCUT2D eigenvalue weighted by atomic mass is 19.1. The van der Waals surface area contributed by atoms with Crippen LogP contribution in [0.1, 0.15) is 25.3 Å². The highest BCUT2D eigenvalue weighted by molar-refractivity contribution is 6.31. The molecule has 134 valence electrons. The number of carbonyl (C=O) groups is 1. The van der Waals surface area contributed by atoms with Crippen molar-refractivity contribution in [3.63, 3.8) is 0 Å². The van der Waals surface area contributed by atoms with Crippen LogP contribution in [0, 0.1) is 11.7 Å². The lowest BCUT2D eigenvalue weighted by atomic mass is 9.99. The van der Waals surface area contributed by atoms with Gasteiger partial charge in [-0.05, 0) is 43.0 Å². The van der Waals surface area contributed by atoms with Crippen molar-refractivity contribution in [1.82, 2.24) is 0 Å². The largest absolute Gasteiger partial charge is 0.369 e. The van der Waals surface area contributed by atoms with Crippen LogP contribution in [0.15, 0.2) is 48.7 Å². The van der Waals surface area contributed by atoms with E-state index in [2.05, 4.69) is 22.5 Å². The van der Waals surface area contributed by atoms with E-state index in [1.165, 1.54) is 12.5 Å². The number of benzene rings is 2. The van der Waals surface area contributed by atoms with Gasteiger partial charge in [-0.25, -0.2) is 4.39 Å². The van der Waals surface area contributed by atoms with Crippen LogP contribution in [0.3, 0.4) is 0 Å². The fourth-order valence-corrected chi connectivity index (χ4v) is 3.70. The molecule has 0 saturated carbocycles. The number of nitrogens with zero attached hydrogens (tertiary/aromatic N) is 1. The molecule has 1 unspecified atom stereocenters. The molecule has 2 aromatic carbocycles. The summed E-state index contributed by atoms with van der Waals surface area (Å²) in [6.45, 7) is 4.00. The predicted octanol–water partition coefficient (Wildman–Crippen LogP) is 4.47. The lowest BCUT2D eigenvalue weighted by Crippen LogP contribution is -2.34. The number of nitrogens with one attached hydrogen (secondary N) is 2. The van der Waals surface area contributed by atoms with E-state index in [4.69, 9.17) is 0 Å². The maximum Gasteiger partial charge on any atom is 0.257 e. The van der Waals surface area contributed by atoms with Gasteiger partial charge < -0.3 is 15.5 Å². The zero-order chi connectivity index (χ0) is 18.1. The summed E-state index contributed by atoms with van der Waals surface area (Å²) < 4.78 is 14.6. The van der Waals surface area contributed by atoms with Gasteiger partial charge in [0.2, 0.25) is 0 Å². The second kappa shape index (κ2) is 6.83. The lowest BCUT2D eigenvalue weighted by Gasteiger charge is -2.33. The lowest BCUT2D eigenvalue weighted by molar-refractivity contribution is -0.110. The van der Waals surface area contributed by atoms with Gasteiger partial charge in [0.25, 0.3) is 5.91 Å². The zero-order valence-corrected chi connectivity index (χ0v) is 14.8. The van der Waals surface area contributed by atoms with Gasteiger partial charge in [-0.2, -0.15) is 0 Å². The number of halogens is 1. The highest BCUT2D eigenvalue weighted by Crippen LogP contribution is 2.32. The second-order valence-electron chi connectivity index (χ2n) is 7.06. The summed E-state index contributed by atoms with van der Waals surface area (Å²) in [5.41, 5.74) is 3.48. The SMILES string of the molecule is CC1CCCN(c2ccc(N/C=C3/C(=O)Nc4ccccc43)cc2F)C1. The minimum absolute atomic E-state index is 0.155. The van der Waals surface area contributed by atoms with Gasteiger partial charge in [0.1, 0.15) is 5.82 Å². The zero-order valence-electron chi connectivity index (χ0n) is 14.8. The fraction of sp³-hybridized carbons (Fsp3) is 0.286. The number of hydrogen-bond acceptors (Lipinski definition) is 3. The van der Waals surface area contributed by atoms with Crippen molar-refractivity contribution >= 4 is 28.5 Å². The molecule has 4 rings (SSSR count). The van der Waals surface area contributed by atoms with Crippen molar-refractivity contribution < 1.29 is 9.18 Å². The molecule has 26 heavy (non-hydrogen) atoms. The predicted molar refractivity (Wildman–Crippen MR) is 104 cm³/mol. The molecule has 0 radical (unpaired) electrons. The number of piperidine rings is 1. The number of anilines is 3. The van der Waals surface area contributed by atoms with Crippen LogP contribution in [-0.2, 0) is 4.79 Å². The Labute approximate surface area is 152 Å². The van der Waals surface area contributed by atoms with E-state index in [-0.39, 0.29) is 11.7 Å². The van der Waals surface area contributed by atoms with Crippen LogP contribution in [0.4, 0.5) is 21.5 Å².